The van der Waals surface area contributed by atoms with Crippen molar-refractivity contribution in [1.82, 2.24) is 14.7 Å². The van der Waals surface area contributed by atoms with Gasteiger partial charge in [-0.1, -0.05) is 36.4 Å². The van der Waals surface area contributed by atoms with Crippen molar-refractivity contribution in [2.24, 2.45) is 0 Å². The highest BCUT2D eigenvalue weighted by atomic mass is 32.2. The molecule has 13 heteroatoms. The monoisotopic (exact) mass is 607 g/mol. The van der Waals surface area contributed by atoms with Gasteiger partial charge in [-0.2, -0.15) is 0 Å². The van der Waals surface area contributed by atoms with E-state index in [1.807, 2.05) is 24.3 Å². The van der Waals surface area contributed by atoms with Gasteiger partial charge in [-0.15, -0.1) is 0 Å². The summed E-state index contributed by atoms with van der Waals surface area (Å²) in [6, 6.07) is 12.9. The SMILES string of the molecule is CS(=O)(=O)CCN(C(=O)O)C12CC(N(CCS(C)(=O)=O)C(=O)N3CCc4ccccc4[C@@H]3c3ccc(F)cc3)(C1)C2. The quantitative estimate of drug-likeness (QED) is 0.464. The number of nitrogens with zero attached hydrogens (tertiary/aromatic N) is 3. The molecule has 6 rings (SSSR count). The Morgan fingerprint density at radius 3 is 2.00 bits per heavy atom. The van der Waals surface area contributed by atoms with E-state index in [9.17, 15) is 35.9 Å². The van der Waals surface area contributed by atoms with Gasteiger partial charge in [-0.25, -0.2) is 30.8 Å². The number of benzene rings is 2. The van der Waals surface area contributed by atoms with E-state index in [2.05, 4.69) is 0 Å². The van der Waals surface area contributed by atoms with Crippen molar-refractivity contribution < 1.29 is 35.9 Å². The van der Waals surface area contributed by atoms with Gasteiger partial charge in [-0.3, -0.25) is 0 Å². The molecule has 1 atom stereocenters. The molecule has 1 N–H and O–H groups in total. The Labute approximate surface area is 239 Å². The molecule has 3 saturated carbocycles. The first-order valence-electron chi connectivity index (χ1n) is 13.4. The van der Waals surface area contributed by atoms with Crippen molar-refractivity contribution >= 4 is 31.8 Å². The summed E-state index contributed by atoms with van der Waals surface area (Å²) < 4.78 is 61.6. The molecule has 10 nitrogen and oxygen atoms in total. The number of carbonyl (C=O) groups excluding carboxylic acids is 1. The average Bonchev–Trinajstić information content (AvgIpc) is 2.84. The summed E-state index contributed by atoms with van der Waals surface area (Å²) in [5.74, 6) is -0.962. The minimum absolute atomic E-state index is 0.0571. The Morgan fingerprint density at radius 1 is 0.902 bits per heavy atom. The molecule has 3 aliphatic carbocycles. The van der Waals surface area contributed by atoms with Gasteiger partial charge < -0.3 is 19.8 Å². The number of fused-ring (bicyclic) bond motifs is 1. The smallest absolute Gasteiger partial charge is 0.407 e. The van der Waals surface area contributed by atoms with Crippen LogP contribution in [0, 0.1) is 5.82 Å². The van der Waals surface area contributed by atoms with Crippen molar-refractivity contribution in [2.75, 3.05) is 43.7 Å². The summed E-state index contributed by atoms with van der Waals surface area (Å²) in [5.41, 5.74) is 1.19. The number of sulfone groups is 2. The molecule has 0 spiro atoms. The molecule has 222 valence electrons. The molecule has 1 aliphatic heterocycles. The van der Waals surface area contributed by atoms with Crippen LogP contribution in [0.25, 0.3) is 0 Å². The fraction of sp³-hybridized carbons (Fsp3) is 0.500. The Hall–Kier alpha value is -3.19. The summed E-state index contributed by atoms with van der Waals surface area (Å²) in [6.45, 7) is 0.139. The highest BCUT2D eigenvalue weighted by Gasteiger charge is 2.74. The normalized spacial score (nSPS) is 25.0. The van der Waals surface area contributed by atoms with Crippen LogP contribution in [-0.4, -0.2) is 103 Å². The molecule has 1 heterocycles. The number of hydrogen-bond donors (Lipinski definition) is 1. The van der Waals surface area contributed by atoms with E-state index in [1.54, 1.807) is 21.9 Å². The zero-order valence-electron chi connectivity index (χ0n) is 23.0. The lowest BCUT2D eigenvalue weighted by Crippen LogP contribution is -2.85. The minimum Gasteiger partial charge on any atom is -0.465 e. The predicted octanol–water partition coefficient (Wildman–Crippen LogP) is 2.94. The molecule has 0 aromatic heterocycles. The van der Waals surface area contributed by atoms with Gasteiger partial charge in [0.2, 0.25) is 0 Å². The fourth-order valence-electron chi connectivity index (χ4n) is 6.77. The third-order valence-electron chi connectivity index (χ3n) is 8.67. The van der Waals surface area contributed by atoms with E-state index in [0.717, 1.165) is 34.1 Å². The number of carboxylic acid groups (broad SMARTS) is 1. The second-order valence-corrected chi connectivity index (χ2v) is 16.2. The van der Waals surface area contributed by atoms with Gasteiger partial charge in [0.1, 0.15) is 25.5 Å². The second-order valence-electron chi connectivity index (χ2n) is 11.7. The number of urea groups is 1. The van der Waals surface area contributed by atoms with Gasteiger partial charge in [0.25, 0.3) is 0 Å². The molecule has 4 aliphatic rings. The van der Waals surface area contributed by atoms with E-state index < -0.39 is 48.7 Å². The maximum atomic E-state index is 14.4. The third-order valence-corrected chi connectivity index (χ3v) is 10.5. The Bertz CT molecular complexity index is 1560. The number of halogens is 1. The van der Waals surface area contributed by atoms with E-state index in [1.165, 1.54) is 12.1 Å². The van der Waals surface area contributed by atoms with E-state index in [0.29, 0.717) is 32.2 Å². The van der Waals surface area contributed by atoms with Crippen LogP contribution in [0.1, 0.15) is 42.0 Å². The zero-order valence-corrected chi connectivity index (χ0v) is 24.6. The molecular weight excluding hydrogens is 573 g/mol. The fourth-order valence-corrected chi connectivity index (χ4v) is 7.80. The highest BCUT2D eigenvalue weighted by molar-refractivity contribution is 7.90. The second kappa shape index (κ2) is 10.3. The van der Waals surface area contributed by atoms with Crippen LogP contribution in [0.4, 0.5) is 14.0 Å². The van der Waals surface area contributed by atoms with Crippen LogP contribution in [0.5, 0.6) is 0 Å². The van der Waals surface area contributed by atoms with Crippen LogP contribution in [0.15, 0.2) is 48.5 Å². The van der Waals surface area contributed by atoms with Gasteiger partial charge >= 0.3 is 12.1 Å². The lowest BCUT2D eigenvalue weighted by atomic mass is 9.42. The average molecular weight is 608 g/mol. The molecule has 41 heavy (non-hydrogen) atoms. The molecule has 2 aromatic rings. The van der Waals surface area contributed by atoms with Gasteiger partial charge in [0, 0.05) is 32.1 Å². The maximum Gasteiger partial charge on any atom is 0.407 e. The Kier molecular flexibility index (Phi) is 7.34. The van der Waals surface area contributed by atoms with Crippen molar-refractivity contribution in [1.29, 1.82) is 0 Å². The molecular formula is C28H34FN3O7S2. The lowest BCUT2D eigenvalue weighted by Gasteiger charge is -2.75. The van der Waals surface area contributed by atoms with Crippen LogP contribution in [0.2, 0.25) is 0 Å². The highest BCUT2D eigenvalue weighted by Crippen LogP contribution is 2.66. The molecule has 0 saturated heterocycles. The van der Waals surface area contributed by atoms with Gasteiger partial charge in [-0.05, 0) is 54.5 Å². The largest absolute Gasteiger partial charge is 0.465 e. The topological polar surface area (TPSA) is 132 Å². The number of amides is 3. The molecule has 3 amide bonds. The van der Waals surface area contributed by atoms with Crippen LogP contribution >= 0.6 is 0 Å². The molecule has 3 fully saturated rings. The third kappa shape index (κ3) is 5.66. The van der Waals surface area contributed by atoms with Crippen molar-refractivity contribution in [3.63, 3.8) is 0 Å². The van der Waals surface area contributed by atoms with E-state index in [-0.39, 0.29) is 30.6 Å². The molecule has 0 radical (unpaired) electrons. The summed E-state index contributed by atoms with van der Waals surface area (Å²) >= 11 is 0. The first kappa shape index (κ1) is 29.3. The Morgan fingerprint density at radius 2 is 1.44 bits per heavy atom. The Balaban J connectivity index is 1.45. The summed E-state index contributed by atoms with van der Waals surface area (Å²) in [7, 11) is -6.82. The predicted molar refractivity (Wildman–Crippen MR) is 151 cm³/mol. The van der Waals surface area contributed by atoms with Crippen LogP contribution in [-0.2, 0) is 26.1 Å². The molecule has 0 unspecified atom stereocenters. The van der Waals surface area contributed by atoms with Crippen LogP contribution in [0.3, 0.4) is 0 Å². The summed E-state index contributed by atoms with van der Waals surface area (Å²) in [4.78, 5) is 30.9. The van der Waals surface area contributed by atoms with Gasteiger partial charge in [0.05, 0.1) is 28.6 Å². The number of rotatable bonds is 9. The first-order valence-corrected chi connectivity index (χ1v) is 17.5. The van der Waals surface area contributed by atoms with E-state index in [4.69, 9.17) is 0 Å². The lowest BCUT2D eigenvalue weighted by molar-refractivity contribution is -0.206. The van der Waals surface area contributed by atoms with Gasteiger partial charge in [0.15, 0.2) is 0 Å². The number of carbonyl (C=O) groups is 2. The first-order chi connectivity index (χ1) is 19.1. The standard InChI is InChI=1S/C28H34FN3O7S2/c1-40(36,37)15-13-31(27-17-28(18-27,19-27)32(26(34)35)14-16-41(2,38)39)25(33)30-12-11-20-5-3-4-6-23(20)24(30)21-7-9-22(29)10-8-21/h3-10,24H,11-19H2,1-2H3,(H,34,35)/t24-,27?,28?/m0/s1. The van der Waals surface area contributed by atoms with Crippen molar-refractivity contribution in [3.05, 3.63) is 71.0 Å². The summed E-state index contributed by atoms with van der Waals surface area (Å²) in [6.07, 6.45) is 2.44. The van der Waals surface area contributed by atoms with Crippen molar-refractivity contribution in [3.8, 4) is 0 Å². The van der Waals surface area contributed by atoms with E-state index >= 15 is 0 Å². The summed E-state index contributed by atoms with van der Waals surface area (Å²) in [5, 5.41) is 9.85. The minimum atomic E-state index is -3.42. The zero-order chi connectivity index (χ0) is 29.8. The van der Waals surface area contributed by atoms with Crippen LogP contribution < -0.4 is 0 Å². The number of hydrogen-bond acceptors (Lipinski definition) is 6. The molecule has 2 bridgehead atoms. The maximum absolute atomic E-state index is 14.4. The van der Waals surface area contributed by atoms with Crippen molar-refractivity contribution in [2.45, 2.75) is 42.8 Å². The molecule has 2 aromatic carbocycles.